The van der Waals surface area contributed by atoms with Crippen LogP contribution in [-0.4, -0.2) is 22.1 Å². The Kier molecular flexibility index (Phi) is 6.15. The Morgan fingerprint density at radius 3 is 2.40 bits per heavy atom. The number of halogens is 1. The number of amides is 1. The molecule has 3 unspecified atom stereocenters. The van der Waals surface area contributed by atoms with Crippen molar-refractivity contribution in [2.24, 2.45) is 23.5 Å². The van der Waals surface area contributed by atoms with Gasteiger partial charge >= 0.3 is 0 Å². The molecule has 1 amide bonds. The molecule has 1 heterocycles. The minimum atomic E-state index is -0.267. The Hall–Kier alpha value is -1.14. The van der Waals surface area contributed by atoms with Gasteiger partial charge in [0, 0.05) is 17.4 Å². The smallest absolute Gasteiger partial charge is 0.248 e. The highest BCUT2D eigenvalue weighted by molar-refractivity contribution is 5.85. The van der Waals surface area contributed by atoms with Crippen LogP contribution in [0.25, 0.3) is 0 Å². The zero-order valence-corrected chi connectivity index (χ0v) is 16.4. The van der Waals surface area contributed by atoms with Gasteiger partial charge < -0.3 is 15.6 Å². The van der Waals surface area contributed by atoms with E-state index in [4.69, 9.17) is 10.3 Å². The first-order chi connectivity index (χ1) is 11.3. The molecule has 0 aliphatic heterocycles. The Morgan fingerprint density at radius 2 is 1.88 bits per heavy atom. The molecule has 1 aromatic heterocycles. The van der Waals surface area contributed by atoms with Gasteiger partial charge in [-0.1, -0.05) is 32.3 Å². The Balaban J connectivity index is 0.00000225. The van der Waals surface area contributed by atoms with E-state index in [1.54, 1.807) is 0 Å². The molecule has 0 saturated heterocycles. The summed E-state index contributed by atoms with van der Waals surface area (Å²) in [5.41, 5.74) is 6.15. The Morgan fingerprint density at radius 1 is 1.28 bits per heavy atom. The van der Waals surface area contributed by atoms with Crippen molar-refractivity contribution in [3.8, 4) is 0 Å². The monoisotopic (exact) mass is 370 g/mol. The summed E-state index contributed by atoms with van der Waals surface area (Å²) in [6.07, 6.45) is 5.40. The number of fused-ring (bicyclic) bond motifs is 2. The predicted octanol–water partition coefficient (Wildman–Crippen LogP) is 3.12. The summed E-state index contributed by atoms with van der Waals surface area (Å²) in [5.74, 6) is 2.30. The van der Waals surface area contributed by atoms with E-state index >= 15 is 0 Å². The van der Waals surface area contributed by atoms with Crippen LogP contribution in [0, 0.1) is 17.8 Å². The standard InChI is InChI=1S/C18H30N4O2.ClH/c1-10(16-21-17(22-24-16)18(2,3)4)20-15(23)13-8-11-6-5-7-12(9-13)14(11)19;/h10-14H,5-9,19H2,1-4H3,(H,20,23);1H. The number of carbonyl (C=O) groups excluding carboxylic acids is 1. The number of aromatic nitrogens is 2. The lowest BCUT2D eigenvalue weighted by molar-refractivity contribution is -0.128. The van der Waals surface area contributed by atoms with Crippen LogP contribution in [-0.2, 0) is 10.2 Å². The molecule has 2 bridgehead atoms. The first-order valence-corrected chi connectivity index (χ1v) is 9.15. The average Bonchev–Trinajstić information content (AvgIpc) is 2.96. The van der Waals surface area contributed by atoms with Crippen molar-refractivity contribution in [3.63, 3.8) is 0 Å². The molecule has 0 radical (unpaired) electrons. The SMILES string of the molecule is CC(NC(=O)C1CC2CCCC(C1)C2N)c1nc(C(C)(C)C)no1.Cl. The number of nitrogens with zero attached hydrogens (tertiary/aromatic N) is 2. The van der Waals surface area contributed by atoms with Gasteiger partial charge in [0.1, 0.15) is 6.04 Å². The van der Waals surface area contributed by atoms with Crippen molar-refractivity contribution in [2.45, 2.75) is 77.3 Å². The maximum Gasteiger partial charge on any atom is 0.248 e. The molecule has 2 aliphatic carbocycles. The van der Waals surface area contributed by atoms with Crippen molar-refractivity contribution >= 4 is 18.3 Å². The summed E-state index contributed by atoms with van der Waals surface area (Å²) in [4.78, 5) is 17.1. The second-order valence-electron chi connectivity index (χ2n) is 8.63. The zero-order valence-electron chi connectivity index (χ0n) is 15.6. The van der Waals surface area contributed by atoms with E-state index in [1.807, 2.05) is 27.7 Å². The molecule has 7 heteroatoms. The highest BCUT2D eigenvalue weighted by atomic mass is 35.5. The maximum atomic E-state index is 12.7. The summed E-state index contributed by atoms with van der Waals surface area (Å²) in [5, 5.41) is 7.09. The molecule has 2 aliphatic rings. The summed E-state index contributed by atoms with van der Waals surface area (Å²) in [6, 6.07) is 0.0158. The molecule has 3 rings (SSSR count). The summed E-state index contributed by atoms with van der Waals surface area (Å²) in [7, 11) is 0. The average molecular weight is 371 g/mol. The molecule has 3 atom stereocenters. The second-order valence-corrected chi connectivity index (χ2v) is 8.63. The largest absolute Gasteiger partial charge is 0.344 e. The van der Waals surface area contributed by atoms with Gasteiger partial charge in [-0.15, -0.1) is 12.4 Å². The Bertz CT molecular complexity index is 584. The van der Waals surface area contributed by atoms with Crippen molar-refractivity contribution in [1.29, 1.82) is 0 Å². The van der Waals surface area contributed by atoms with Gasteiger partial charge in [-0.05, 0) is 44.4 Å². The minimum Gasteiger partial charge on any atom is -0.344 e. The molecule has 2 fully saturated rings. The molecule has 0 spiro atoms. The quantitative estimate of drug-likeness (QED) is 0.852. The summed E-state index contributed by atoms with van der Waals surface area (Å²) < 4.78 is 5.34. The number of nitrogens with two attached hydrogens (primary N) is 1. The highest BCUT2D eigenvalue weighted by Crippen LogP contribution is 2.42. The van der Waals surface area contributed by atoms with E-state index in [1.165, 1.54) is 6.42 Å². The zero-order chi connectivity index (χ0) is 17.5. The van der Waals surface area contributed by atoms with Gasteiger partial charge in [-0.3, -0.25) is 4.79 Å². The number of hydrogen-bond acceptors (Lipinski definition) is 5. The van der Waals surface area contributed by atoms with Crippen LogP contribution in [0.5, 0.6) is 0 Å². The number of hydrogen-bond donors (Lipinski definition) is 2. The van der Waals surface area contributed by atoms with Gasteiger partial charge in [0.25, 0.3) is 0 Å². The Labute approximate surface area is 156 Å². The van der Waals surface area contributed by atoms with Gasteiger partial charge in [0.15, 0.2) is 5.82 Å². The molecular weight excluding hydrogens is 340 g/mol. The maximum absolute atomic E-state index is 12.7. The van der Waals surface area contributed by atoms with E-state index < -0.39 is 0 Å². The van der Waals surface area contributed by atoms with Gasteiger partial charge in [-0.25, -0.2) is 0 Å². The fourth-order valence-corrected chi connectivity index (χ4v) is 4.11. The van der Waals surface area contributed by atoms with Crippen LogP contribution in [0.4, 0.5) is 0 Å². The molecule has 142 valence electrons. The van der Waals surface area contributed by atoms with E-state index in [-0.39, 0.29) is 41.7 Å². The van der Waals surface area contributed by atoms with Crippen LogP contribution in [0.1, 0.15) is 77.6 Å². The van der Waals surface area contributed by atoms with Crippen molar-refractivity contribution in [1.82, 2.24) is 15.5 Å². The third kappa shape index (κ3) is 4.34. The molecule has 6 nitrogen and oxygen atoms in total. The number of nitrogens with one attached hydrogen (secondary N) is 1. The molecule has 25 heavy (non-hydrogen) atoms. The van der Waals surface area contributed by atoms with E-state index in [0.717, 1.165) is 25.7 Å². The lowest BCUT2D eigenvalue weighted by Crippen LogP contribution is -2.49. The number of rotatable bonds is 3. The van der Waals surface area contributed by atoms with E-state index in [9.17, 15) is 4.79 Å². The summed E-state index contributed by atoms with van der Waals surface area (Å²) >= 11 is 0. The third-order valence-corrected chi connectivity index (χ3v) is 5.63. The van der Waals surface area contributed by atoms with Gasteiger partial charge in [0.2, 0.25) is 11.8 Å². The molecule has 3 N–H and O–H groups in total. The topological polar surface area (TPSA) is 94.0 Å². The first-order valence-electron chi connectivity index (χ1n) is 9.15. The van der Waals surface area contributed by atoms with Crippen molar-refractivity contribution in [2.75, 3.05) is 0 Å². The van der Waals surface area contributed by atoms with Crippen LogP contribution in [0.2, 0.25) is 0 Å². The van der Waals surface area contributed by atoms with Gasteiger partial charge in [0.05, 0.1) is 0 Å². The van der Waals surface area contributed by atoms with Crippen LogP contribution in [0.15, 0.2) is 4.52 Å². The molecular formula is C18H31ClN4O2. The molecule has 1 aromatic rings. The van der Waals surface area contributed by atoms with E-state index in [2.05, 4.69) is 15.5 Å². The predicted molar refractivity (Wildman–Crippen MR) is 98.3 cm³/mol. The van der Waals surface area contributed by atoms with Crippen molar-refractivity contribution < 1.29 is 9.32 Å². The summed E-state index contributed by atoms with van der Waals surface area (Å²) in [6.45, 7) is 8.01. The first kappa shape index (κ1) is 20.2. The van der Waals surface area contributed by atoms with E-state index in [0.29, 0.717) is 23.6 Å². The minimum absolute atomic E-state index is 0. The van der Waals surface area contributed by atoms with Crippen molar-refractivity contribution in [3.05, 3.63) is 11.7 Å². The lowest BCUT2D eigenvalue weighted by atomic mass is 9.65. The second kappa shape index (κ2) is 7.62. The normalized spacial score (nSPS) is 30.3. The van der Waals surface area contributed by atoms with Crippen LogP contribution in [0.3, 0.4) is 0 Å². The lowest BCUT2D eigenvalue weighted by Gasteiger charge is -2.43. The third-order valence-electron chi connectivity index (χ3n) is 5.63. The fourth-order valence-electron chi connectivity index (χ4n) is 4.11. The van der Waals surface area contributed by atoms with Gasteiger partial charge in [-0.2, -0.15) is 4.98 Å². The fraction of sp³-hybridized carbons (Fsp3) is 0.833. The van der Waals surface area contributed by atoms with Crippen LogP contribution < -0.4 is 11.1 Å². The highest BCUT2D eigenvalue weighted by Gasteiger charge is 2.40. The molecule has 0 aromatic carbocycles. The molecule has 2 saturated carbocycles. The number of carbonyl (C=O) groups is 1. The van der Waals surface area contributed by atoms with Crippen LogP contribution >= 0.6 is 12.4 Å².